The van der Waals surface area contributed by atoms with Crippen LogP contribution in [0.15, 0.2) is 30.6 Å². The van der Waals surface area contributed by atoms with E-state index in [2.05, 4.69) is 21.9 Å². The molecule has 1 aliphatic carbocycles. The molecule has 2 aromatic rings. The molecular weight excluding hydrogens is 270 g/mol. The van der Waals surface area contributed by atoms with Crippen molar-refractivity contribution < 1.29 is 4.92 Å². The van der Waals surface area contributed by atoms with E-state index < -0.39 is 4.92 Å². The van der Waals surface area contributed by atoms with Gasteiger partial charge in [0.05, 0.1) is 11.6 Å². The summed E-state index contributed by atoms with van der Waals surface area (Å²) in [6, 6.07) is 6.98. The summed E-state index contributed by atoms with van der Waals surface area (Å²) in [5, 5.41) is 15.1. The topological polar surface area (TPSA) is 77.1 Å². The van der Waals surface area contributed by atoms with Crippen LogP contribution in [0.25, 0.3) is 11.4 Å². The molecular formula is C14H17N5O2. The third kappa shape index (κ3) is 3.08. The molecule has 1 saturated carbocycles. The first-order valence-electron chi connectivity index (χ1n) is 7.05. The minimum atomic E-state index is -0.412. The first kappa shape index (κ1) is 13.7. The minimum Gasteiger partial charge on any atom is -0.282 e. The average molecular weight is 287 g/mol. The summed E-state index contributed by atoms with van der Waals surface area (Å²) in [4.78, 5) is 16.9. The Bertz CT molecular complexity index is 633. The highest BCUT2D eigenvalue weighted by Crippen LogP contribution is 2.27. The maximum Gasteiger partial charge on any atom is 0.269 e. The van der Waals surface area contributed by atoms with Crippen LogP contribution in [0.2, 0.25) is 0 Å². The summed E-state index contributed by atoms with van der Waals surface area (Å²) >= 11 is 0. The van der Waals surface area contributed by atoms with Crippen molar-refractivity contribution in [3.05, 3.63) is 40.7 Å². The molecule has 0 radical (unpaired) electrons. The maximum atomic E-state index is 10.6. The fourth-order valence-corrected chi connectivity index (χ4v) is 2.33. The molecule has 0 amide bonds. The highest BCUT2D eigenvalue weighted by atomic mass is 16.6. The number of nitro groups is 1. The molecule has 1 heterocycles. The summed E-state index contributed by atoms with van der Waals surface area (Å²) in [6.07, 6.45) is 4.23. The van der Waals surface area contributed by atoms with E-state index in [1.807, 2.05) is 4.68 Å². The molecule has 110 valence electrons. The van der Waals surface area contributed by atoms with Gasteiger partial charge >= 0.3 is 0 Å². The Balaban J connectivity index is 1.73. The molecule has 7 heteroatoms. The van der Waals surface area contributed by atoms with Gasteiger partial charge in [-0.2, -0.15) is 0 Å². The van der Waals surface area contributed by atoms with Crippen LogP contribution >= 0.6 is 0 Å². The molecule has 0 unspecified atom stereocenters. The van der Waals surface area contributed by atoms with Gasteiger partial charge in [-0.3, -0.25) is 15.0 Å². The second kappa shape index (κ2) is 5.61. The van der Waals surface area contributed by atoms with E-state index in [9.17, 15) is 10.1 Å². The van der Waals surface area contributed by atoms with E-state index in [0.717, 1.165) is 18.8 Å². The molecule has 1 aromatic carbocycles. The predicted molar refractivity (Wildman–Crippen MR) is 77.5 cm³/mol. The molecule has 21 heavy (non-hydrogen) atoms. The molecule has 1 aliphatic rings. The molecule has 3 rings (SSSR count). The van der Waals surface area contributed by atoms with E-state index >= 15 is 0 Å². The zero-order chi connectivity index (χ0) is 14.8. The molecule has 0 aliphatic heterocycles. The van der Waals surface area contributed by atoms with Crippen molar-refractivity contribution >= 4 is 5.69 Å². The second-order valence-corrected chi connectivity index (χ2v) is 5.19. The number of non-ortho nitro benzene ring substituents is 1. The van der Waals surface area contributed by atoms with Gasteiger partial charge in [0.25, 0.3) is 5.69 Å². The molecule has 0 bridgehead atoms. The monoisotopic (exact) mass is 287 g/mol. The molecule has 0 N–H and O–H groups in total. The number of hydrogen-bond donors (Lipinski definition) is 0. The van der Waals surface area contributed by atoms with Crippen molar-refractivity contribution in [3.8, 4) is 11.4 Å². The van der Waals surface area contributed by atoms with E-state index in [1.165, 1.54) is 25.0 Å². The lowest BCUT2D eigenvalue weighted by atomic mass is 10.2. The van der Waals surface area contributed by atoms with E-state index in [4.69, 9.17) is 0 Å². The summed E-state index contributed by atoms with van der Waals surface area (Å²) in [6.45, 7) is 3.88. The van der Waals surface area contributed by atoms with Crippen LogP contribution in [0.4, 0.5) is 5.69 Å². The average Bonchev–Trinajstić information content (AvgIpc) is 3.23. The second-order valence-electron chi connectivity index (χ2n) is 5.19. The van der Waals surface area contributed by atoms with E-state index in [1.54, 1.807) is 18.5 Å². The van der Waals surface area contributed by atoms with Crippen LogP contribution in [-0.2, 0) is 6.67 Å². The highest BCUT2D eigenvalue weighted by Gasteiger charge is 2.28. The van der Waals surface area contributed by atoms with Gasteiger partial charge < -0.3 is 0 Å². The third-order valence-electron chi connectivity index (χ3n) is 3.67. The summed E-state index contributed by atoms with van der Waals surface area (Å²) in [7, 11) is 0. The lowest BCUT2D eigenvalue weighted by Gasteiger charge is -2.18. The fourth-order valence-electron chi connectivity index (χ4n) is 2.33. The highest BCUT2D eigenvalue weighted by molar-refractivity contribution is 5.56. The van der Waals surface area contributed by atoms with Crippen LogP contribution < -0.4 is 0 Å². The third-order valence-corrected chi connectivity index (χ3v) is 3.67. The van der Waals surface area contributed by atoms with Gasteiger partial charge in [0.1, 0.15) is 6.33 Å². The van der Waals surface area contributed by atoms with E-state index in [-0.39, 0.29) is 5.69 Å². The van der Waals surface area contributed by atoms with Crippen molar-refractivity contribution in [1.82, 2.24) is 19.7 Å². The number of nitro benzene ring substituents is 1. The van der Waals surface area contributed by atoms with Gasteiger partial charge in [0.2, 0.25) is 0 Å². The van der Waals surface area contributed by atoms with Crippen LogP contribution in [-0.4, -0.2) is 37.2 Å². The smallest absolute Gasteiger partial charge is 0.269 e. The number of rotatable bonds is 6. The zero-order valence-corrected chi connectivity index (χ0v) is 11.8. The van der Waals surface area contributed by atoms with Gasteiger partial charge in [-0.25, -0.2) is 9.67 Å². The number of hydrogen-bond acceptors (Lipinski definition) is 5. The Hall–Kier alpha value is -2.28. The molecule has 0 atom stereocenters. The normalized spacial score (nSPS) is 14.6. The standard InChI is InChI=1S/C14H17N5O2/c1-2-17(12-7-8-12)10-18-9-15-14(16-18)11-3-5-13(6-4-11)19(20)21/h3-6,9,12H,2,7-8,10H2,1H3. The summed E-state index contributed by atoms with van der Waals surface area (Å²) in [5.41, 5.74) is 0.859. The Morgan fingerprint density at radius 2 is 2.10 bits per heavy atom. The van der Waals surface area contributed by atoms with Crippen molar-refractivity contribution in [3.63, 3.8) is 0 Å². The quantitative estimate of drug-likeness (QED) is 0.601. The predicted octanol–water partition coefficient (Wildman–Crippen LogP) is 2.30. The van der Waals surface area contributed by atoms with Gasteiger partial charge in [-0.05, 0) is 31.5 Å². The summed E-state index contributed by atoms with van der Waals surface area (Å²) < 4.78 is 1.82. The number of nitrogens with zero attached hydrogens (tertiary/aromatic N) is 5. The van der Waals surface area contributed by atoms with Crippen molar-refractivity contribution in [1.29, 1.82) is 0 Å². The van der Waals surface area contributed by atoms with Crippen LogP contribution in [0.3, 0.4) is 0 Å². The largest absolute Gasteiger partial charge is 0.282 e. The molecule has 7 nitrogen and oxygen atoms in total. The maximum absolute atomic E-state index is 10.6. The Labute approximate surface area is 122 Å². The summed E-state index contributed by atoms with van der Waals surface area (Å²) in [5.74, 6) is 0.594. The molecule has 1 fully saturated rings. The first-order chi connectivity index (χ1) is 10.2. The van der Waals surface area contributed by atoms with E-state index in [0.29, 0.717) is 11.9 Å². The lowest BCUT2D eigenvalue weighted by Crippen LogP contribution is -2.28. The minimum absolute atomic E-state index is 0.0732. The van der Waals surface area contributed by atoms with Gasteiger partial charge in [-0.15, -0.1) is 5.10 Å². The molecule has 1 aromatic heterocycles. The van der Waals surface area contributed by atoms with Crippen molar-refractivity contribution in [2.24, 2.45) is 0 Å². The first-order valence-corrected chi connectivity index (χ1v) is 7.05. The Kier molecular flexibility index (Phi) is 3.66. The zero-order valence-electron chi connectivity index (χ0n) is 11.8. The number of benzene rings is 1. The van der Waals surface area contributed by atoms with Gasteiger partial charge in [0, 0.05) is 23.7 Å². The Morgan fingerprint density at radius 1 is 1.38 bits per heavy atom. The lowest BCUT2D eigenvalue weighted by molar-refractivity contribution is -0.384. The van der Waals surface area contributed by atoms with Crippen molar-refractivity contribution in [2.45, 2.75) is 32.5 Å². The van der Waals surface area contributed by atoms with Crippen LogP contribution in [0.5, 0.6) is 0 Å². The van der Waals surface area contributed by atoms with Gasteiger partial charge in [-0.1, -0.05) is 6.92 Å². The Morgan fingerprint density at radius 3 is 2.67 bits per heavy atom. The van der Waals surface area contributed by atoms with Gasteiger partial charge in [0.15, 0.2) is 5.82 Å². The molecule has 0 saturated heterocycles. The SMILES string of the molecule is CCN(Cn1cnc(-c2ccc([N+](=O)[O-])cc2)n1)C1CC1. The van der Waals surface area contributed by atoms with Crippen LogP contribution in [0, 0.1) is 10.1 Å². The number of aromatic nitrogens is 3. The molecule has 0 spiro atoms. The van der Waals surface area contributed by atoms with Crippen LogP contribution in [0.1, 0.15) is 19.8 Å². The fraction of sp³-hybridized carbons (Fsp3) is 0.429. The van der Waals surface area contributed by atoms with Crippen molar-refractivity contribution in [2.75, 3.05) is 6.54 Å².